The Bertz CT molecular complexity index is 499. The summed E-state index contributed by atoms with van der Waals surface area (Å²) in [4.78, 5) is 14.8. The number of hydrogen-bond acceptors (Lipinski definition) is 2. The fourth-order valence-electron chi connectivity index (χ4n) is 5.56. The Morgan fingerprint density at radius 1 is 1.25 bits per heavy atom. The Kier molecular flexibility index (Phi) is 2.69. The molecule has 4 nitrogen and oxygen atoms in total. The Morgan fingerprint density at radius 2 is 1.85 bits per heavy atom. The van der Waals surface area contributed by atoms with Crippen molar-refractivity contribution in [2.45, 2.75) is 51.5 Å². The van der Waals surface area contributed by atoms with E-state index in [1.165, 1.54) is 44.9 Å². The van der Waals surface area contributed by atoms with Crippen molar-refractivity contribution in [1.82, 2.24) is 9.55 Å². The van der Waals surface area contributed by atoms with Gasteiger partial charge in [-0.1, -0.05) is 0 Å². The standard InChI is InChI=1S/C16H22N2O2/c19-15(20)14-9-18(10-17-14)2-1-16-6-11-3-12(7-16)5-13(4-11)8-16/h9-13H,1-8H2,(H,19,20). The van der Waals surface area contributed by atoms with Crippen molar-refractivity contribution in [3.63, 3.8) is 0 Å². The Morgan fingerprint density at radius 3 is 2.35 bits per heavy atom. The molecule has 0 aromatic carbocycles. The van der Waals surface area contributed by atoms with Crippen molar-refractivity contribution >= 4 is 5.97 Å². The number of carboxylic acids is 1. The lowest BCUT2D eigenvalue weighted by molar-refractivity contribution is -0.0591. The molecule has 20 heavy (non-hydrogen) atoms. The molecule has 0 aliphatic heterocycles. The van der Waals surface area contributed by atoms with Crippen LogP contribution in [-0.2, 0) is 6.54 Å². The van der Waals surface area contributed by atoms with Crippen LogP contribution in [-0.4, -0.2) is 20.6 Å². The maximum Gasteiger partial charge on any atom is 0.356 e. The molecule has 0 unspecified atom stereocenters. The van der Waals surface area contributed by atoms with Crippen LogP contribution in [0.1, 0.15) is 55.4 Å². The zero-order valence-electron chi connectivity index (χ0n) is 11.8. The third-order valence-electron chi connectivity index (χ3n) is 5.92. The van der Waals surface area contributed by atoms with Gasteiger partial charge in [0.25, 0.3) is 0 Å². The van der Waals surface area contributed by atoms with Gasteiger partial charge in [0.2, 0.25) is 0 Å². The number of aromatic carboxylic acids is 1. The minimum Gasteiger partial charge on any atom is -0.476 e. The van der Waals surface area contributed by atoms with Crippen molar-refractivity contribution in [2.24, 2.45) is 23.2 Å². The summed E-state index contributed by atoms with van der Waals surface area (Å²) in [5.74, 6) is 2.02. The monoisotopic (exact) mass is 274 g/mol. The van der Waals surface area contributed by atoms with Crippen LogP contribution in [0.15, 0.2) is 12.5 Å². The van der Waals surface area contributed by atoms with Crippen LogP contribution in [0, 0.1) is 23.2 Å². The maximum atomic E-state index is 10.9. The maximum absolute atomic E-state index is 10.9. The van der Waals surface area contributed by atoms with E-state index in [2.05, 4.69) is 4.98 Å². The van der Waals surface area contributed by atoms with E-state index in [4.69, 9.17) is 5.11 Å². The molecule has 1 N–H and O–H groups in total. The number of hydrogen-bond donors (Lipinski definition) is 1. The summed E-state index contributed by atoms with van der Waals surface area (Å²) >= 11 is 0. The van der Waals surface area contributed by atoms with Gasteiger partial charge in [-0.05, 0) is 68.1 Å². The number of imidazole rings is 1. The highest BCUT2D eigenvalue weighted by atomic mass is 16.4. The van der Waals surface area contributed by atoms with Crippen LogP contribution in [0.4, 0.5) is 0 Å². The van der Waals surface area contributed by atoms with E-state index in [1.54, 1.807) is 12.5 Å². The van der Waals surface area contributed by atoms with Crippen molar-refractivity contribution in [1.29, 1.82) is 0 Å². The minimum atomic E-state index is -0.932. The van der Waals surface area contributed by atoms with E-state index in [9.17, 15) is 4.79 Å². The second-order valence-corrected chi connectivity index (χ2v) is 7.47. The summed E-state index contributed by atoms with van der Waals surface area (Å²) in [7, 11) is 0. The van der Waals surface area contributed by atoms with Gasteiger partial charge in [0, 0.05) is 12.7 Å². The van der Waals surface area contributed by atoms with Crippen molar-refractivity contribution < 1.29 is 9.90 Å². The zero-order valence-corrected chi connectivity index (χ0v) is 11.8. The third-order valence-corrected chi connectivity index (χ3v) is 5.92. The quantitative estimate of drug-likeness (QED) is 0.917. The van der Waals surface area contributed by atoms with Crippen molar-refractivity contribution in [3.05, 3.63) is 18.2 Å². The van der Waals surface area contributed by atoms with Gasteiger partial charge in [-0.3, -0.25) is 0 Å². The van der Waals surface area contributed by atoms with Gasteiger partial charge < -0.3 is 9.67 Å². The summed E-state index contributed by atoms with van der Waals surface area (Å²) in [6, 6.07) is 0. The van der Waals surface area contributed by atoms with Crippen LogP contribution < -0.4 is 0 Å². The predicted molar refractivity (Wildman–Crippen MR) is 74.4 cm³/mol. The zero-order chi connectivity index (χ0) is 13.7. The summed E-state index contributed by atoms with van der Waals surface area (Å²) in [5, 5.41) is 8.92. The molecule has 1 aromatic heterocycles. The smallest absolute Gasteiger partial charge is 0.356 e. The molecule has 108 valence electrons. The van der Waals surface area contributed by atoms with Gasteiger partial charge in [-0.25, -0.2) is 9.78 Å². The molecule has 4 heteroatoms. The largest absolute Gasteiger partial charge is 0.476 e. The highest BCUT2D eigenvalue weighted by Gasteiger charge is 2.50. The fourth-order valence-corrected chi connectivity index (χ4v) is 5.56. The highest BCUT2D eigenvalue weighted by molar-refractivity contribution is 5.84. The summed E-state index contributed by atoms with van der Waals surface area (Å²) < 4.78 is 1.96. The molecule has 0 amide bonds. The van der Waals surface area contributed by atoms with Crippen LogP contribution >= 0.6 is 0 Å². The Labute approximate surface area is 119 Å². The molecule has 0 atom stereocenters. The minimum absolute atomic E-state index is 0.163. The molecule has 1 aromatic rings. The highest BCUT2D eigenvalue weighted by Crippen LogP contribution is 2.61. The second-order valence-electron chi connectivity index (χ2n) is 7.47. The lowest BCUT2D eigenvalue weighted by Gasteiger charge is -2.57. The molecule has 4 aliphatic carbocycles. The van der Waals surface area contributed by atoms with E-state index in [-0.39, 0.29) is 5.69 Å². The summed E-state index contributed by atoms with van der Waals surface area (Å²) in [5.41, 5.74) is 0.720. The number of nitrogens with zero attached hydrogens (tertiary/aromatic N) is 2. The van der Waals surface area contributed by atoms with Crippen LogP contribution in [0.25, 0.3) is 0 Å². The molecular formula is C16H22N2O2. The topological polar surface area (TPSA) is 55.1 Å². The molecule has 0 spiro atoms. The molecule has 0 saturated heterocycles. The molecule has 4 fully saturated rings. The van der Waals surface area contributed by atoms with Gasteiger partial charge >= 0.3 is 5.97 Å². The first-order valence-electron chi connectivity index (χ1n) is 7.87. The molecule has 4 saturated carbocycles. The number of aromatic nitrogens is 2. The normalized spacial score (nSPS) is 38.3. The molecule has 4 aliphatic rings. The van der Waals surface area contributed by atoms with Gasteiger partial charge in [0.15, 0.2) is 5.69 Å². The molecule has 5 rings (SSSR count). The lowest BCUT2D eigenvalue weighted by Crippen LogP contribution is -2.46. The first-order valence-corrected chi connectivity index (χ1v) is 7.87. The van der Waals surface area contributed by atoms with E-state index >= 15 is 0 Å². The van der Waals surface area contributed by atoms with E-state index in [1.807, 2.05) is 4.57 Å². The van der Waals surface area contributed by atoms with Gasteiger partial charge in [-0.15, -0.1) is 0 Å². The van der Waals surface area contributed by atoms with E-state index in [0.717, 1.165) is 24.3 Å². The molecule has 1 heterocycles. The number of rotatable bonds is 4. The number of carboxylic acid groups (broad SMARTS) is 1. The second kappa shape index (κ2) is 4.34. The summed E-state index contributed by atoms with van der Waals surface area (Å²) in [6.45, 7) is 0.923. The van der Waals surface area contributed by atoms with Crippen LogP contribution in [0.3, 0.4) is 0 Å². The third kappa shape index (κ3) is 2.05. The molecular weight excluding hydrogens is 252 g/mol. The SMILES string of the molecule is O=C(O)c1cn(CCC23CC4CC(CC(C4)C2)C3)cn1. The lowest BCUT2D eigenvalue weighted by atomic mass is 9.49. The fraction of sp³-hybridized carbons (Fsp3) is 0.750. The molecule has 0 radical (unpaired) electrons. The van der Waals surface area contributed by atoms with Crippen LogP contribution in [0.5, 0.6) is 0 Å². The molecule has 4 bridgehead atoms. The Balaban J connectivity index is 1.45. The first-order chi connectivity index (χ1) is 9.62. The van der Waals surface area contributed by atoms with Gasteiger partial charge in [0.1, 0.15) is 0 Å². The van der Waals surface area contributed by atoms with Gasteiger partial charge in [0.05, 0.1) is 6.33 Å². The predicted octanol–water partition coefficient (Wildman–Crippen LogP) is 3.19. The van der Waals surface area contributed by atoms with Crippen molar-refractivity contribution in [2.75, 3.05) is 0 Å². The number of carbonyl (C=O) groups is 1. The van der Waals surface area contributed by atoms with Crippen LogP contribution in [0.2, 0.25) is 0 Å². The van der Waals surface area contributed by atoms with E-state index in [0.29, 0.717) is 5.41 Å². The van der Waals surface area contributed by atoms with Gasteiger partial charge in [-0.2, -0.15) is 0 Å². The van der Waals surface area contributed by atoms with Crippen molar-refractivity contribution in [3.8, 4) is 0 Å². The average Bonchev–Trinajstić information content (AvgIpc) is 2.84. The average molecular weight is 274 g/mol. The Hall–Kier alpha value is -1.32. The van der Waals surface area contributed by atoms with E-state index < -0.39 is 5.97 Å². The first kappa shape index (κ1) is 12.4. The summed E-state index contributed by atoms with van der Waals surface area (Å²) in [6.07, 6.45) is 13.2. The number of aryl methyl sites for hydroxylation is 1.